The molecule has 0 aliphatic carbocycles. The molecule has 0 saturated heterocycles. The smallest absolute Gasteiger partial charge is 0.131 e. The minimum absolute atomic E-state index is 0.119. The molecule has 1 atom stereocenters. The highest BCUT2D eigenvalue weighted by Crippen LogP contribution is 2.24. The van der Waals surface area contributed by atoms with E-state index >= 15 is 0 Å². The normalized spacial score (nSPS) is 12.4. The van der Waals surface area contributed by atoms with Gasteiger partial charge in [0.1, 0.15) is 17.4 Å². The molecule has 0 spiro atoms. The Morgan fingerprint density at radius 1 is 1.47 bits per heavy atom. The number of hydrogen-bond acceptors (Lipinski definition) is 3. The molecule has 0 fully saturated rings. The third-order valence-corrected chi connectivity index (χ3v) is 3.24. The summed E-state index contributed by atoms with van der Waals surface area (Å²) in [6, 6.07) is 4.80. The Hall–Kier alpha value is -1.88. The summed E-state index contributed by atoms with van der Waals surface area (Å²) in [5.41, 5.74) is 0.617. The average Bonchev–Trinajstić information content (AvgIpc) is 2.81. The molecule has 0 aliphatic rings. The molecule has 2 rings (SSSR count). The van der Waals surface area contributed by atoms with Gasteiger partial charge in [-0.05, 0) is 13.1 Å². The molecule has 1 heterocycles. The molecule has 0 aliphatic heterocycles. The number of imidazole rings is 1. The molecule has 0 radical (unpaired) electrons. The average molecular weight is 263 g/mol. The van der Waals surface area contributed by atoms with E-state index in [-0.39, 0.29) is 11.9 Å². The molecule has 1 unspecified atom stereocenters. The summed E-state index contributed by atoms with van der Waals surface area (Å²) in [6.45, 7) is 0. The van der Waals surface area contributed by atoms with E-state index in [9.17, 15) is 4.39 Å². The van der Waals surface area contributed by atoms with Crippen LogP contribution in [0.25, 0.3) is 0 Å². The molecule has 2 aromatic rings. The van der Waals surface area contributed by atoms with Gasteiger partial charge in [-0.1, -0.05) is 6.07 Å². The zero-order valence-electron chi connectivity index (χ0n) is 11.4. The number of likely N-dealkylation sites (N-methyl/N-ethyl adjacent to an activating group) is 1. The van der Waals surface area contributed by atoms with Crippen molar-refractivity contribution in [3.05, 3.63) is 47.8 Å². The Morgan fingerprint density at radius 2 is 2.26 bits per heavy atom. The number of aromatic nitrogens is 2. The number of nitrogens with one attached hydrogen (secondary N) is 1. The maximum atomic E-state index is 14.1. The molecule has 1 aromatic carbocycles. The molecule has 5 heteroatoms. The quantitative estimate of drug-likeness (QED) is 0.897. The first kappa shape index (κ1) is 13.5. The van der Waals surface area contributed by atoms with E-state index in [1.807, 2.05) is 24.9 Å². The number of nitrogens with zero attached hydrogens (tertiary/aromatic N) is 2. The lowest BCUT2D eigenvalue weighted by Gasteiger charge is -2.17. The van der Waals surface area contributed by atoms with Crippen molar-refractivity contribution in [1.29, 1.82) is 0 Å². The molecule has 102 valence electrons. The van der Waals surface area contributed by atoms with Gasteiger partial charge in [0, 0.05) is 43.5 Å². The maximum absolute atomic E-state index is 14.1. The van der Waals surface area contributed by atoms with Gasteiger partial charge < -0.3 is 14.6 Å². The minimum atomic E-state index is -0.270. The SMILES string of the molecule is CNC(Cc1nccn1C)c1ccc(OC)cc1F. The first-order valence-electron chi connectivity index (χ1n) is 6.12. The van der Waals surface area contributed by atoms with Crippen molar-refractivity contribution in [2.45, 2.75) is 12.5 Å². The van der Waals surface area contributed by atoms with Gasteiger partial charge >= 0.3 is 0 Å². The van der Waals surface area contributed by atoms with E-state index in [0.29, 0.717) is 17.7 Å². The zero-order valence-corrected chi connectivity index (χ0v) is 11.4. The number of ether oxygens (including phenoxy) is 1. The van der Waals surface area contributed by atoms with Gasteiger partial charge in [-0.3, -0.25) is 0 Å². The van der Waals surface area contributed by atoms with Gasteiger partial charge in [0.05, 0.1) is 7.11 Å². The minimum Gasteiger partial charge on any atom is -0.497 e. The maximum Gasteiger partial charge on any atom is 0.131 e. The van der Waals surface area contributed by atoms with Crippen molar-refractivity contribution in [1.82, 2.24) is 14.9 Å². The van der Waals surface area contributed by atoms with E-state index in [4.69, 9.17) is 4.74 Å². The summed E-state index contributed by atoms with van der Waals surface area (Å²) in [5.74, 6) is 1.16. The Labute approximate surface area is 112 Å². The fourth-order valence-electron chi connectivity index (χ4n) is 2.06. The molecule has 0 amide bonds. The van der Waals surface area contributed by atoms with Crippen LogP contribution in [0.1, 0.15) is 17.4 Å². The second kappa shape index (κ2) is 5.84. The summed E-state index contributed by atoms with van der Waals surface area (Å²) in [4.78, 5) is 4.27. The Kier molecular flexibility index (Phi) is 4.16. The first-order chi connectivity index (χ1) is 9.15. The third kappa shape index (κ3) is 2.93. The van der Waals surface area contributed by atoms with Crippen LogP contribution in [0.3, 0.4) is 0 Å². The lowest BCUT2D eigenvalue weighted by Crippen LogP contribution is -2.21. The summed E-state index contributed by atoms with van der Waals surface area (Å²) in [7, 11) is 5.27. The topological polar surface area (TPSA) is 39.1 Å². The second-order valence-corrected chi connectivity index (χ2v) is 4.39. The Balaban J connectivity index is 2.24. The predicted molar refractivity (Wildman–Crippen MR) is 71.7 cm³/mol. The molecule has 1 N–H and O–H groups in total. The molecule has 4 nitrogen and oxygen atoms in total. The van der Waals surface area contributed by atoms with Gasteiger partial charge in [-0.2, -0.15) is 0 Å². The first-order valence-corrected chi connectivity index (χ1v) is 6.12. The molecular formula is C14H18FN3O. The fraction of sp³-hybridized carbons (Fsp3) is 0.357. The highest BCUT2D eigenvalue weighted by molar-refractivity contribution is 5.31. The largest absolute Gasteiger partial charge is 0.497 e. The molecule has 19 heavy (non-hydrogen) atoms. The Morgan fingerprint density at radius 3 is 2.79 bits per heavy atom. The van der Waals surface area contributed by atoms with Crippen LogP contribution in [-0.4, -0.2) is 23.7 Å². The number of benzene rings is 1. The van der Waals surface area contributed by atoms with Crippen LogP contribution < -0.4 is 10.1 Å². The van der Waals surface area contributed by atoms with Gasteiger partial charge in [0.15, 0.2) is 0 Å². The summed E-state index contributed by atoms with van der Waals surface area (Å²) in [6.07, 6.45) is 4.25. The number of rotatable bonds is 5. The standard InChI is InChI=1S/C14H18FN3O/c1-16-13(9-14-17-6-7-18(14)2)11-5-4-10(19-3)8-12(11)15/h4-8,13,16H,9H2,1-3H3. The van der Waals surface area contributed by atoms with Crippen molar-refractivity contribution >= 4 is 0 Å². The molecule has 0 saturated carbocycles. The van der Waals surface area contributed by atoms with Crippen molar-refractivity contribution in [2.24, 2.45) is 7.05 Å². The molecule has 1 aromatic heterocycles. The number of halogens is 1. The van der Waals surface area contributed by atoms with Crippen LogP contribution in [0.15, 0.2) is 30.6 Å². The van der Waals surface area contributed by atoms with E-state index < -0.39 is 0 Å². The van der Waals surface area contributed by atoms with E-state index in [2.05, 4.69) is 10.3 Å². The van der Waals surface area contributed by atoms with Gasteiger partial charge in [0.2, 0.25) is 0 Å². The van der Waals surface area contributed by atoms with E-state index in [1.165, 1.54) is 13.2 Å². The van der Waals surface area contributed by atoms with Crippen LogP contribution >= 0.6 is 0 Å². The second-order valence-electron chi connectivity index (χ2n) is 4.39. The zero-order chi connectivity index (χ0) is 13.8. The predicted octanol–water partition coefficient (Wildman–Crippen LogP) is 2.07. The number of aryl methyl sites for hydroxylation is 1. The fourth-order valence-corrected chi connectivity index (χ4v) is 2.06. The molecular weight excluding hydrogens is 245 g/mol. The van der Waals surface area contributed by atoms with E-state index in [0.717, 1.165) is 5.82 Å². The summed E-state index contributed by atoms with van der Waals surface area (Å²) >= 11 is 0. The third-order valence-electron chi connectivity index (χ3n) is 3.24. The van der Waals surface area contributed by atoms with Crippen molar-refractivity contribution in [3.63, 3.8) is 0 Å². The van der Waals surface area contributed by atoms with Gasteiger partial charge in [-0.25, -0.2) is 9.37 Å². The van der Waals surface area contributed by atoms with Crippen molar-refractivity contribution in [2.75, 3.05) is 14.2 Å². The van der Waals surface area contributed by atoms with Crippen molar-refractivity contribution in [3.8, 4) is 5.75 Å². The van der Waals surface area contributed by atoms with Crippen LogP contribution in [0.4, 0.5) is 4.39 Å². The van der Waals surface area contributed by atoms with Crippen LogP contribution in [0.2, 0.25) is 0 Å². The molecule has 0 bridgehead atoms. The van der Waals surface area contributed by atoms with Crippen LogP contribution in [-0.2, 0) is 13.5 Å². The van der Waals surface area contributed by atoms with Gasteiger partial charge in [-0.15, -0.1) is 0 Å². The summed E-state index contributed by atoms with van der Waals surface area (Å²) in [5, 5.41) is 3.13. The lowest BCUT2D eigenvalue weighted by molar-refractivity contribution is 0.409. The highest BCUT2D eigenvalue weighted by atomic mass is 19.1. The van der Waals surface area contributed by atoms with E-state index in [1.54, 1.807) is 18.3 Å². The Bertz CT molecular complexity index is 553. The lowest BCUT2D eigenvalue weighted by atomic mass is 10.0. The van der Waals surface area contributed by atoms with Crippen LogP contribution in [0, 0.1) is 5.82 Å². The van der Waals surface area contributed by atoms with Crippen LogP contribution in [0.5, 0.6) is 5.75 Å². The highest BCUT2D eigenvalue weighted by Gasteiger charge is 2.17. The van der Waals surface area contributed by atoms with Gasteiger partial charge in [0.25, 0.3) is 0 Å². The number of hydrogen-bond donors (Lipinski definition) is 1. The monoisotopic (exact) mass is 263 g/mol. The summed E-state index contributed by atoms with van der Waals surface area (Å²) < 4.78 is 21.0. The number of methoxy groups -OCH3 is 1. The van der Waals surface area contributed by atoms with Crippen molar-refractivity contribution < 1.29 is 9.13 Å².